The standard InChI is InChI=1S/C10H12N4S/c1-6-4-8(11-3)14-9(12-6)10-13-7(2)5-15-10/h4-5H,1-3H3,(H,11,12,14). The molecule has 0 aromatic carbocycles. The van der Waals surface area contributed by atoms with Gasteiger partial charge in [0.05, 0.1) is 0 Å². The van der Waals surface area contributed by atoms with Crippen LogP contribution in [0.2, 0.25) is 0 Å². The number of anilines is 1. The van der Waals surface area contributed by atoms with Crippen molar-refractivity contribution in [2.45, 2.75) is 13.8 Å². The maximum atomic E-state index is 4.36. The maximum Gasteiger partial charge on any atom is 0.190 e. The average molecular weight is 220 g/mol. The third-order valence-electron chi connectivity index (χ3n) is 1.92. The molecule has 0 amide bonds. The van der Waals surface area contributed by atoms with Crippen LogP contribution in [0.25, 0.3) is 10.8 Å². The quantitative estimate of drug-likeness (QED) is 0.843. The van der Waals surface area contributed by atoms with Crippen LogP contribution in [0.4, 0.5) is 5.82 Å². The molecule has 0 saturated heterocycles. The molecule has 0 aliphatic rings. The first-order chi connectivity index (χ1) is 7.19. The summed E-state index contributed by atoms with van der Waals surface area (Å²) in [6.45, 7) is 3.92. The lowest BCUT2D eigenvalue weighted by Gasteiger charge is -2.02. The zero-order valence-electron chi connectivity index (χ0n) is 8.90. The fourth-order valence-electron chi connectivity index (χ4n) is 1.25. The molecule has 0 atom stereocenters. The van der Waals surface area contributed by atoms with Crippen LogP contribution >= 0.6 is 11.3 Å². The Bertz CT molecular complexity index is 478. The summed E-state index contributed by atoms with van der Waals surface area (Å²) in [4.78, 5) is 13.1. The second-order valence-electron chi connectivity index (χ2n) is 3.26. The zero-order chi connectivity index (χ0) is 10.8. The highest BCUT2D eigenvalue weighted by Crippen LogP contribution is 2.21. The van der Waals surface area contributed by atoms with Gasteiger partial charge < -0.3 is 5.32 Å². The van der Waals surface area contributed by atoms with Crippen LogP contribution < -0.4 is 5.32 Å². The Kier molecular flexibility index (Phi) is 2.64. The molecule has 2 rings (SSSR count). The van der Waals surface area contributed by atoms with Crippen molar-refractivity contribution in [1.29, 1.82) is 0 Å². The van der Waals surface area contributed by atoms with E-state index in [0.717, 1.165) is 22.2 Å². The SMILES string of the molecule is CNc1cc(C)nc(-c2nc(C)cs2)n1. The molecule has 0 aliphatic heterocycles. The molecule has 0 saturated carbocycles. The monoisotopic (exact) mass is 220 g/mol. The molecule has 15 heavy (non-hydrogen) atoms. The largest absolute Gasteiger partial charge is 0.373 e. The van der Waals surface area contributed by atoms with E-state index in [9.17, 15) is 0 Å². The van der Waals surface area contributed by atoms with Crippen LogP contribution in [0.5, 0.6) is 0 Å². The second kappa shape index (κ2) is 3.94. The smallest absolute Gasteiger partial charge is 0.190 e. The molecule has 0 spiro atoms. The molecule has 0 aliphatic carbocycles. The number of hydrogen-bond acceptors (Lipinski definition) is 5. The minimum absolute atomic E-state index is 0.692. The van der Waals surface area contributed by atoms with E-state index < -0.39 is 0 Å². The summed E-state index contributed by atoms with van der Waals surface area (Å²) in [6, 6.07) is 1.91. The molecule has 1 N–H and O–H groups in total. The van der Waals surface area contributed by atoms with Crippen LogP contribution in [-0.4, -0.2) is 22.0 Å². The van der Waals surface area contributed by atoms with Gasteiger partial charge in [-0.25, -0.2) is 15.0 Å². The van der Waals surface area contributed by atoms with Crippen molar-refractivity contribution >= 4 is 17.2 Å². The Morgan fingerprint density at radius 3 is 2.53 bits per heavy atom. The van der Waals surface area contributed by atoms with Gasteiger partial charge in [0.15, 0.2) is 10.8 Å². The minimum atomic E-state index is 0.692. The summed E-state index contributed by atoms with van der Waals surface area (Å²) < 4.78 is 0. The van der Waals surface area contributed by atoms with Crippen LogP contribution in [0.3, 0.4) is 0 Å². The Labute approximate surface area is 92.4 Å². The van der Waals surface area contributed by atoms with Crippen molar-refractivity contribution in [2.24, 2.45) is 0 Å². The number of thiazole rings is 1. The van der Waals surface area contributed by atoms with Crippen molar-refractivity contribution in [3.05, 3.63) is 22.8 Å². The molecule has 78 valence electrons. The van der Waals surface area contributed by atoms with E-state index in [1.807, 2.05) is 32.3 Å². The highest BCUT2D eigenvalue weighted by Gasteiger charge is 2.07. The van der Waals surface area contributed by atoms with Gasteiger partial charge in [0.25, 0.3) is 0 Å². The lowest BCUT2D eigenvalue weighted by molar-refractivity contribution is 1.09. The molecule has 4 nitrogen and oxygen atoms in total. The summed E-state index contributed by atoms with van der Waals surface area (Å²) in [5, 5.41) is 5.88. The predicted molar refractivity (Wildman–Crippen MR) is 62.2 cm³/mol. The van der Waals surface area contributed by atoms with Gasteiger partial charge in [-0.2, -0.15) is 0 Å². The van der Waals surface area contributed by atoms with E-state index in [1.165, 1.54) is 0 Å². The number of aryl methyl sites for hydroxylation is 2. The van der Waals surface area contributed by atoms with E-state index in [-0.39, 0.29) is 0 Å². The van der Waals surface area contributed by atoms with Crippen molar-refractivity contribution < 1.29 is 0 Å². The first kappa shape index (κ1) is 10.0. The summed E-state index contributed by atoms with van der Waals surface area (Å²) in [6.07, 6.45) is 0. The van der Waals surface area contributed by atoms with Gasteiger partial charge in [0, 0.05) is 29.9 Å². The van der Waals surface area contributed by atoms with Crippen molar-refractivity contribution in [3.8, 4) is 10.8 Å². The zero-order valence-corrected chi connectivity index (χ0v) is 9.72. The van der Waals surface area contributed by atoms with Gasteiger partial charge in [-0.15, -0.1) is 11.3 Å². The fourth-order valence-corrected chi connectivity index (χ4v) is 1.98. The van der Waals surface area contributed by atoms with E-state index in [0.29, 0.717) is 5.82 Å². The summed E-state index contributed by atoms with van der Waals surface area (Å²) in [7, 11) is 1.85. The molecular weight excluding hydrogens is 208 g/mol. The number of nitrogens with one attached hydrogen (secondary N) is 1. The second-order valence-corrected chi connectivity index (χ2v) is 4.12. The Morgan fingerprint density at radius 1 is 1.13 bits per heavy atom. The fraction of sp³-hybridized carbons (Fsp3) is 0.300. The van der Waals surface area contributed by atoms with Crippen LogP contribution in [0.15, 0.2) is 11.4 Å². The Balaban J connectivity index is 2.48. The third kappa shape index (κ3) is 2.12. The molecule has 5 heteroatoms. The Hall–Kier alpha value is -1.49. The first-order valence-corrected chi connectivity index (χ1v) is 5.53. The van der Waals surface area contributed by atoms with E-state index in [2.05, 4.69) is 20.3 Å². The minimum Gasteiger partial charge on any atom is -0.373 e. The number of aromatic nitrogens is 3. The van der Waals surface area contributed by atoms with Gasteiger partial charge >= 0.3 is 0 Å². The number of nitrogens with zero attached hydrogens (tertiary/aromatic N) is 3. The molecule has 2 aromatic heterocycles. The number of hydrogen-bond donors (Lipinski definition) is 1. The van der Waals surface area contributed by atoms with Crippen molar-refractivity contribution in [3.63, 3.8) is 0 Å². The topological polar surface area (TPSA) is 50.7 Å². The van der Waals surface area contributed by atoms with E-state index in [1.54, 1.807) is 11.3 Å². The predicted octanol–water partition coefficient (Wildman–Crippen LogP) is 2.26. The number of rotatable bonds is 2. The van der Waals surface area contributed by atoms with Crippen molar-refractivity contribution in [2.75, 3.05) is 12.4 Å². The van der Waals surface area contributed by atoms with Gasteiger partial charge in [-0.1, -0.05) is 0 Å². The molecule has 0 bridgehead atoms. The first-order valence-electron chi connectivity index (χ1n) is 4.65. The molecule has 2 aromatic rings. The Morgan fingerprint density at radius 2 is 1.93 bits per heavy atom. The molecule has 0 fully saturated rings. The van der Waals surface area contributed by atoms with Crippen LogP contribution in [-0.2, 0) is 0 Å². The summed E-state index contributed by atoms with van der Waals surface area (Å²) >= 11 is 1.57. The van der Waals surface area contributed by atoms with Crippen LogP contribution in [0.1, 0.15) is 11.4 Å². The van der Waals surface area contributed by atoms with Gasteiger partial charge in [0.2, 0.25) is 0 Å². The lowest BCUT2D eigenvalue weighted by Crippen LogP contribution is -1.98. The lowest BCUT2D eigenvalue weighted by atomic mass is 10.4. The van der Waals surface area contributed by atoms with E-state index >= 15 is 0 Å². The third-order valence-corrected chi connectivity index (χ3v) is 2.88. The summed E-state index contributed by atoms with van der Waals surface area (Å²) in [5.74, 6) is 1.52. The van der Waals surface area contributed by atoms with Crippen LogP contribution in [0, 0.1) is 13.8 Å². The normalized spacial score (nSPS) is 10.3. The maximum absolute atomic E-state index is 4.36. The molecular formula is C10H12N4S. The van der Waals surface area contributed by atoms with E-state index in [4.69, 9.17) is 0 Å². The highest BCUT2D eigenvalue weighted by atomic mass is 32.1. The molecule has 0 radical (unpaired) electrons. The summed E-state index contributed by atoms with van der Waals surface area (Å²) in [5.41, 5.74) is 1.95. The average Bonchev–Trinajstić information content (AvgIpc) is 2.64. The van der Waals surface area contributed by atoms with Gasteiger partial charge in [-0.3, -0.25) is 0 Å². The molecule has 2 heterocycles. The highest BCUT2D eigenvalue weighted by molar-refractivity contribution is 7.13. The molecule has 0 unspecified atom stereocenters. The van der Waals surface area contributed by atoms with Gasteiger partial charge in [0.1, 0.15) is 5.82 Å². The van der Waals surface area contributed by atoms with Crippen molar-refractivity contribution in [1.82, 2.24) is 15.0 Å². The van der Waals surface area contributed by atoms with Gasteiger partial charge in [-0.05, 0) is 13.8 Å².